The predicted molar refractivity (Wildman–Crippen MR) is 115 cm³/mol. The van der Waals surface area contributed by atoms with Crippen molar-refractivity contribution in [1.82, 2.24) is 19.7 Å². The summed E-state index contributed by atoms with van der Waals surface area (Å²) in [6.07, 6.45) is 3.06. The molecule has 1 unspecified atom stereocenters. The quantitative estimate of drug-likeness (QED) is 0.746. The van der Waals surface area contributed by atoms with Gasteiger partial charge in [0.25, 0.3) is 5.91 Å². The van der Waals surface area contributed by atoms with Gasteiger partial charge in [-0.25, -0.2) is 4.98 Å². The molecule has 0 N–H and O–H groups in total. The third-order valence-corrected chi connectivity index (χ3v) is 7.11. The zero-order chi connectivity index (χ0) is 21.3. The Morgan fingerprint density at radius 1 is 1.20 bits per heavy atom. The summed E-state index contributed by atoms with van der Waals surface area (Å²) in [6.45, 7) is 11.0. The van der Waals surface area contributed by atoms with Crippen molar-refractivity contribution in [3.63, 3.8) is 0 Å². The SMILES string of the molecule is CC(C)(C)c1nc(CN2CCN(C(=O)C3CCCN3C(=O)c3ccco3)CC2)cs1. The van der Waals surface area contributed by atoms with E-state index in [0.717, 1.165) is 43.2 Å². The second-order valence-electron chi connectivity index (χ2n) is 9.13. The number of carbonyl (C=O) groups excluding carboxylic acids is 2. The summed E-state index contributed by atoms with van der Waals surface area (Å²) in [4.78, 5) is 36.5. The number of likely N-dealkylation sites (tertiary alicyclic amines) is 1. The minimum atomic E-state index is -0.373. The van der Waals surface area contributed by atoms with Crippen molar-refractivity contribution in [2.75, 3.05) is 32.7 Å². The van der Waals surface area contributed by atoms with Crippen molar-refractivity contribution in [3.05, 3.63) is 40.2 Å². The van der Waals surface area contributed by atoms with Crippen molar-refractivity contribution in [1.29, 1.82) is 0 Å². The van der Waals surface area contributed by atoms with Crippen LogP contribution in [-0.2, 0) is 16.8 Å². The van der Waals surface area contributed by atoms with Gasteiger partial charge in [-0.15, -0.1) is 11.3 Å². The van der Waals surface area contributed by atoms with Crippen LogP contribution in [0.4, 0.5) is 0 Å². The van der Waals surface area contributed by atoms with Crippen molar-refractivity contribution in [2.45, 2.75) is 51.6 Å². The number of hydrogen-bond donors (Lipinski definition) is 0. The summed E-state index contributed by atoms with van der Waals surface area (Å²) in [5.41, 5.74) is 1.18. The van der Waals surface area contributed by atoms with Crippen LogP contribution in [-0.4, -0.2) is 70.3 Å². The molecule has 0 aliphatic carbocycles. The minimum Gasteiger partial charge on any atom is -0.459 e. The summed E-state index contributed by atoms with van der Waals surface area (Å²) < 4.78 is 5.25. The monoisotopic (exact) mass is 430 g/mol. The first kappa shape index (κ1) is 21.1. The number of aromatic nitrogens is 1. The number of piperazine rings is 1. The van der Waals surface area contributed by atoms with E-state index in [9.17, 15) is 9.59 Å². The van der Waals surface area contributed by atoms with Crippen LogP contribution >= 0.6 is 11.3 Å². The molecule has 0 aromatic carbocycles. The number of thiazole rings is 1. The summed E-state index contributed by atoms with van der Waals surface area (Å²) in [5.74, 6) is 0.181. The van der Waals surface area contributed by atoms with Crippen LogP contribution in [0.3, 0.4) is 0 Å². The molecular formula is C22H30N4O3S. The van der Waals surface area contributed by atoms with E-state index in [2.05, 4.69) is 31.1 Å². The van der Waals surface area contributed by atoms with Gasteiger partial charge in [0.15, 0.2) is 5.76 Å². The Hall–Kier alpha value is -2.19. The number of hydrogen-bond acceptors (Lipinski definition) is 6. The molecule has 162 valence electrons. The van der Waals surface area contributed by atoms with Gasteiger partial charge in [0, 0.05) is 50.1 Å². The van der Waals surface area contributed by atoms with Gasteiger partial charge in [0.1, 0.15) is 6.04 Å². The third-order valence-electron chi connectivity index (χ3n) is 5.79. The highest BCUT2D eigenvalue weighted by Gasteiger charge is 2.38. The van der Waals surface area contributed by atoms with Gasteiger partial charge >= 0.3 is 0 Å². The Labute approximate surface area is 181 Å². The van der Waals surface area contributed by atoms with Gasteiger partial charge < -0.3 is 14.2 Å². The highest BCUT2D eigenvalue weighted by atomic mass is 32.1. The van der Waals surface area contributed by atoms with Crippen molar-refractivity contribution in [3.8, 4) is 0 Å². The van der Waals surface area contributed by atoms with Gasteiger partial charge in [-0.3, -0.25) is 14.5 Å². The second-order valence-corrected chi connectivity index (χ2v) is 9.99. The van der Waals surface area contributed by atoms with Gasteiger partial charge in [-0.05, 0) is 25.0 Å². The topological polar surface area (TPSA) is 69.9 Å². The Morgan fingerprint density at radius 3 is 2.60 bits per heavy atom. The highest BCUT2D eigenvalue weighted by molar-refractivity contribution is 7.09. The molecule has 2 aliphatic rings. The summed E-state index contributed by atoms with van der Waals surface area (Å²) in [7, 11) is 0. The molecule has 0 spiro atoms. The number of furan rings is 1. The summed E-state index contributed by atoms with van der Waals surface area (Å²) >= 11 is 1.72. The molecule has 2 saturated heterocycles. The molecule has 4 heterocycles. The van der Waals surface area contributed by atoms with E-state index >= 15 is 0 Å². The van der Waals surface area contributed by atoms with E-state index < -0.39 is 0 Å². The van der Waals surface area contributed by atoms with E-state index in [4.69, 9.17) is 9.40 Å². The molecule has 4 rings (SSSR count). The Morgan fingerprint density at radius 2 is 1.97 bits per heavy atom. The summed E-state index contributed by atoms with van der Waals surface area (Å²) in [5, 5.41) is 3.31. The number of nitrogens with zero attached hydrogens (tertiary/aromatic N) is 4. The molecule has 0 saturated carbocycles. The average molecular weight is 431 g/mol. The fourth-order valence-corrected chi connectivity index (χ4v) is 5.00. The van der Waals surface area contributed by atoms with Gasteiger partial charge in [-0.1, -0.05) is 20.8 Å². The first-order valence-electron chi connectivity index (χ1n) is 10.6. The van der Waals surface area contributed by atoms with E-state index in [1.54, 1.807) is 28.4 Å². The lowest BCUT2D eigenvalue weighted by molar-refractivity contribution is -0.137. The van der Waals surface area contributed by atoms with Gasteiger partial charge in [-0.2, -0.15) is 0 Å². The molecular weight excluding hydrogens is 400 g/mol. The van der Waals surface area contributed by atoms with Crippen molar-refractivity contribution < 1.29 is 14.0 Å². The molecule has 0 bridgehead atoms. The van der Waals surface area contributed by atoms with Crippen LogP contribution < -0.4 is 0 Å². The Bertz CT molecular complexity index is 879. The van der Waals surface area contributed by atoms with Crippen LogP contribution in [0.1, 0.15) is 54.9 Å². The molecule has 7 nitrogen and oxygen atoms in total. The van der Waals surface area contributed by atoms with Gasteiger partial charge in [0.05, 0.1) is 17.0 Å². The second kappa shape index (κ2) is 8.51. The fraction of sp³-hybridized carbons (Fsp3) is 0.591. The fourth-order valence-electron chi connectivity index (χ4n) is 4.10. The predicted octanol–water partition coefficient (Wildman–Crippen LogP) is 2.98. The maximum absolute atomic E-state index is 13.1. The Balaban J connectivity index is 1.32. The molecule has 2 amide bonds. The third kappa shape index (κ3) is 4.44. The van der Waals surface area contributed by atoms with Crippen LogP contribution in [0, 0.1) is 0 Å². The van der Waals surface area contributed by atoms with Crippen LogP contribution in [0.25, 0.3) is 0 Å². The van der Waals surface area contributed by atoms with E-state index in [0.29, 0.717) is 25.4 Å². The number of carbonyl (C=O) groups is 2. The zero-order valence-corrected chi connectivity index (χ0v) is 18.8. The molecule has 1 atom stereocenters. The maximum Gasteiger partial charge on any atom is 0.290 e. The average Bonchev–Trinajstić information content (AvgIpc) is 3.48. The van der Waals surface area contributed by atoms with Crippen LogP contribution in [0.15, 0.2) is 28.2 Å². The van der Waals surface area contributed by atoms with Gasteiger partial charge in [0.2, 0.25) is 5.91 Å². The van der Waals surface area contributed by atoms with Crippen molar-refractivity contribution >= 4 is 23.2 Å². The number of amides is 2. The summed E-state index contributed by atoms with van der Waals surface area (Å²) in [6, 6.07) is 2.98. The molecule has 2 fully saturated rings. The van der Waals surface area contributed by atoms with E-state index in [1.165, 1.54) is 6.26 Å². The largest absolute Gasteiger partial charge is 0.459 e. The first-order valence-corrected chi connectivity index (χ1v) is 11.5. The molecule has 2 aromatic rings. The highest BCUT2D eigenvalue weighted by Crippen LogP contribution is 2.26. The van der Waals surface area contributed by atoms with E-state index in [-0.39, 0.29) is 23.3 Å². The normalized spacial score (nSPS) is 20.7. The standard InChI is InChI=1S/C22H30N4O3S/c1-22(2,3)21-23-16(15-30-21)14-24-9-11-25(12-10-24)19(27)17-6-4-8-26(17)20(28)18-7-5-13-29-18/h5,7,13,15,17H,4,6,8-12,14H2,1-3H3. The van der Waals surface area contributed by atoms with Crippen LogP contribution in [0.2, 0.25) is 0 Å². The lowest BCUT2D eigenvalue weighted by Gasteiger charge is -2.37. The lowest BCUT2D eigenvalue weighted by Crippen LogP contribution is -2.54. The maximum atomic E-state index is 13.1. The molecule has 2 aromatic heterocycles. The lowest BCUT2D eigenvalue weighted by atomic mass is 9.98. The molecule has 30 heavy (non-hydrogen) atoms. The minimum absolute atomic E-state index is 0.0655. The molecule has 2 aliphatic heterocycles. The van der Waals surface area contributed by atoms with Crippen LogP contribution in [0.5, 0.6) is 0 Å². The molecule has 8 heteroatoms. The first-order chi connectivity index (χ1) is 14.3. The zero-order valence-electron chi connectivity index (χ0n) is 18.0. The Kier molecular flexibility index (Phi) is 5.97. The number of rotatable bonds is 4. The smallest absolute Gasteiger partial charge is 0.290 e. The van der Waals surface area contributed by atoms with E-state index in [1.807, 2.05) is 4.90 Å². The molecule has 0 radical (unpaired) electrons. The van der Waals surface area contributed by atoms with Crippen molar-refractivity contribution in [2.24, 2.45) is 0 Å².